The molecule has 1 atom stereocenters. The molecule has 1 fully saturated rings. The molecule has 154 valence electrons. The van der Waals surface area contributed by atoms with Crippen LogP contribution in [0.5, 0.6) is 0 Å². The first-order chi connectivity index (χ1) is 14.0. The Kier molecular flexibility index (Phi) is 6.79. The number of hydrogen-bond donors (Lipinski definition) is 3. The third kappa shape index (κ3) is 5.30. The maximum Gasteiger partial charge on any atom is 0.414 e. The molecule has 0 spiro atoms. The Bertz CT molecular complexity index is 873. The number of nitrogens with zero attached hydrogens (tertiary/aromatic N) is 1. The molecule has 3 rings (SSSR count). The number of anilines is 1. The van der Waals surface area contributed by atoms with Crippen molar-refractivity contribution in [2.24, 2.45) is 0 Å². The molecule has 2 aromatic rings. The lowest BCUT2D eigenvalue weighted by Crippen LogP contribution is -2.33. The SMILES string of the molecule is CC(=O)NCC1CN(c2ccc(-c3ccc(CNCCO)cc3)c(F)c2)C(=O)O1. The van der Waals surface area contributed by atoms with Gasteiger partial charge in [-0.2, -0.15) is 0 Å². The topological polar surface area (TPSA) is 90.9 Å². The number of aliphatic hydroxyl groups excluding tert-OH is 1. The van der Waals surface area contributed by atoms with Crippen molar-refractivity contribution in [3.63, 3.8) is 0 Å². The number of cyclic esters (lactones) is 1. The van der Waals surface area contributed by atoms with E-state index in [1.165, 1.54) is 17.9 Å². The van der Waals surface area contributed by atoms with Gasteiger partial charge in [0.2, 0.25) is 5.91 Å². The van der Waals surface area contributed by atoms with Gasteiger partial charge in [0.25, 0.3) is 0 Å². The van der Waals surface area contributed by atoms with Gasteiger partial charge in [-0.05, 0) is 29.3 Å². The molecular formula is C21H24FN3O4. The first kappa shape index (κ1) is 20.8. The van der Waals surface area contributed by atoms with Crippen LogP contribution in [0.2, 0.25) is 0 Å². The maximum absolute atomic E-state index is 14.7. The lowest BCUT2D eigenvalue weighted by atomic mass is 10.0. The minimum Gasteiger partial charge on any atom is -0.442 e. The zero-order valence-corrected chi connectivity index (χ0v) is 16.2. The van der Waals surface area contributed by atoms with Crippen LogP contribution in [0, 0.1) is 5.82 Å². The summed E-state index contributed by atoms with van der Waals surface area (Å²) >= 11 is 0. The number of nitrogens with one attached hydrogen (secondary N) is 2. The van der Waals surface area contributed by atoms with Crippen LogP contribution >= 0.6 is 0 Å². The fourth-order valence-electron chi connectivity index (χ4n) is 3.12. The number of amides is 2. The lowest BCUT2D eigenvalue weighted by Gasteiger charge is -2.15. The summed E-state index contributed by atoms with van der Waals surface area (Å²) in [5.41, 5.74) is 2.61. The quantitative estimate of drug-likeness (QED) is 0.589. The molecule has 0 saturated carbocycles. The number of ether oxygens (including phenoxy) is 1. The van der Waals surface area contributed by atoms with E-state index in [-0.39, 0.29) is 25.6 Å². The monoisotopic (exact) mass is 401 g/mol. The van der Waals surface area contributed by atoms with E-state index in [1.807, 2.05) is 24.3 Å². The van der Waals surface area contributed by atoms with Gasteiger partial charge in [-0.15, -0.1) is 0 Å². The summed E-state index contributed by atoms with van der Waals surface area (Å²) in [7, 11) is 0. The predicted molar refractivity (Wildman–Crippen MR) is 107 cm³/mol. The lowest BCUT2D eigenvalue weighted by molar-refractivity contribution is -0.119. The highest BCUT2D eigenvalue weighted by Crippen LogP contribution is 2.29. The number of rotatable bonds is 8. The third-order valence-corrected chi connectivity index (χ3v) is 4.60. The van der Waals surface area contributed by atoms with Crippen LogP contribution in [0.15, 0.2) is 42.5 Å². The summed E-state index contributed by atoms with van der Waals surface area (Å²) in [6.45, 7) is 3.07. The predicted octanol–water partition coefficient (Wildman–Crippen LogP) is 2.04. The zero-order chi connectivity index (χ0) is 20.8. The standard InChI is InChI=1S/C21H24FN3O4/c1-14(27)24-12-18-13-25(21(28)29-18)17-6-7-19(20(22)10-17)16-4-2-15(3-5-16)11-23-8-9-26/h2-7,10,18,23,26H,8-9,11-13H2,1H3,(H,24,27). The van der Waals surface area contributed by atoms with E-state index in [0.717, 1.165) is 11.1 Å². The molecule has 1 saturated heterocycles. The Morgan fingerprint density at radius 1 is 1.28 bits per heavy atom. The third-order valence-electron chi connectivity index (χ3n) is 4.60. The summed E-state index contributed by atoms with van der Waals surface area (Å²) < 4.78 is 20.0. The van der Waals surface area contributed by atoms with Gasteiger partial charge in [-0.25, -0.2) is 9.18 Å². The fraction of sp³-hybridized carbons (Fsp3) is 0.333. The minimum absolute atomic E-state index is 0.0776. The van der Waals surface area contributed by atoms with Gasteiger partial charge in [0.1, 0.15) is 11.9 Å². The molecule has 7 nitrogen and oxygen atoms in total. The molecule has 8 heteroatoms. The van der Waals surface area contributed by atoms with Crippen LogP contribution in [0.25, 0.3) is 11.1 Å². The molecule has 1 unspecified atom stereocenters. The average molecular weight is 401 g/mol. The van der Waals surface area contributed by atoms with E-state index in [1.54, 1.807) is 12.1 Å². The van der Waals surface area contributed by atoms with Crippen LogP contribution in [0.4, 0.5) is 14.9 Å². The molecule has 0 radical (unpaired) electrons. The molecular weight excluding hydrogens is 377 g/mol. The Morgan fingerprint density at radius 2 is 2.03 bits per heavy atom. The number of aliphatic hydroxyl groups is 1. The minimum atomic E-state index is -0.563. The smallest absolute Gasteiger partial charge is 0.414 e. The van der Waals surface area contributed by atoms with Crippen LogP contribution in [-0.4, -0.2) is 49.5 Å². The van der Waals surface area contributed by atoms with E-state index in [0.29, 0.717) is 24.3 Å². The fourth-order valence-corrected chi connectivity index (χ4v) is 3.12. The van der Waals surface area contributed by atoms with Crippen molar-refractivity contribution in [1.82, 2.24) is 10.6 Å². The first-order valence-corrected chi connectivity index (χ1v) is 9.41. The highest BCUT2D eigenvalue weighted by molar-refractivity contribution is 5.90. The molecule has 2 amide bonds. The number of halogens is 1. The van der Waals surface area contributed by atoms with Gasteiger partial charge in [0.15, 0.2) is 0 Å². The maximum atomic E-state index is 14.7. The number of benzene rings is 2. The highest BCUT2D eigenvalue weighted by Gasteiger charge is 2.32. The normalized spacial score (nSPS) is 16.0. The molecule has 0 aromatic heterocycles. The summed E-state index contributed by atoms with van der Waals surface area (Å²) in [4.78, 5) is 24.5. The number of carbonyl (C=O) groups is 2. The van der Waals surface area contributed by atoms with Gasteiger partial charge >= 0.3 is 6.09 Å². The van der Waals surface area contributed by atoms with Crippen molar-refractivity contribution >= 4 is 17.7 Å². The summed E-state index contributed by atoms with van der Waals surface area (Å²) in [5.74, 6) is -0.642. The number of carbonyl (C=O) groups excluding carboxylic acids is 2. The van der Waals surface area contributed by atoms with Crippen LogP contribution in [0.1, 0.15) is 12.5 Å². The summed E-state index contributed by atoms with van der Waals surface area (Å²) in [6.07, 6.45) is -1.03. The Morgan fingerprint density at radius 3 is 2.69 bits per heavy atom. The largest absolute Gasteiger partial charge is 0.442 e. The Hall–Kier alpha value is -2.97. The Labute approximate surface area is 168 Å². The van der Waals surface area contributed by atoms with Crippen molar-refractivity contribution in [2.75, 3.05) is 31.1 Å². The van der Waals surface area contributed by atoms with Crippen molar-refractivity contribution < 1.29 is 23.8 Å². The Balaban J connectivity index is 1.68. The second-order valence-electron chi connectivity index (χ2n) is 6.81. The van der Waals surface area contributed by atoms with Crippen molar-refractivity contribution in [1.29, 1.82) is 0 Å². The molecule has 0 aliphatic carbocycles. The van der Waals surface area contributed by atoms with E-state index in [4.69, 9.17) is 9.84 Å². The van der Waals surface area contributed by atoms with E-state index >= 15 is 0 Å². The van der Waals surface area contributed by atoms with E-state index in [9.17, 15) is 14.0 Å². The molecule has 29 heavy (non-hydrogen) atoms. The molecule has 3 N–H and O–H groups in total. The zero-order valence-electron chi connectivity index (χ0n) is 16.2. The molecule has 0 bridgehead atoms. The summed E-state index contributed by atoms with van der Waals surface area (Å²) in [5, 5.41) is 14.5. The van der Waals surface area contributed by atoms with Crippen molar-refractivity contribution in [3.05, 3.63) is 53.8 Å². The summed E-state index contributed by atoms with van der Waals surface area (Å²) in [6, 6.07) is 12.1. The van der Waals surface area contributed by atoms with Crippen LogP contribution in [-0.2, 0) is 16.1 Å². The average Bonchev–Trinajstić information content (AvgIpc) is 3.08. The second-order valence-corrected chi connectivity index (χ2v) is 6.81. The number of hydrogen-bond acceptors (Lipinski definition) is 5. The van der Waals surface area contributed by atoms with E-state index < -0.39 is 18.0 Å². The first-order valence-electron chi connectivity index (χ1n) is 9.41. The van der Waals surface area contributed by atoms with E-state index in [2.05, 4.69) is 10.6 Å². The van der Waals surface area contributed by atoms with Gasteiger partial charge in [0, 0.05) is 25.6 Å². The van der Waals surface area contributed by atoms with Crippen LogP contribution < -0.4 is 15.5 Å². The van der Waals surface area contributed by atoms with Gasteiger partial charge in [-0.3, -0.25) is 9.69 Å². The highest BCUT2D eigenvalue weighted by atomic mass is 19.1. The molecule has 1 aliphatic heterocycles. The van der Waals surface area contributed by atoms with Crippen molar-refractivity contribution in [2.45, 2.75) is 19.6 Å². The van der Waals surface area contributed by atoms with Gasteiger partial charge in [-0.1, -0.05) is 24.3 Å². The molecule has 2 aromatic carbocycles. The van der Waals surface area contributed by atoms with Gasteiger partial charge < -0.3 is 20.5 Å². The molecule has 1 aliphatic rings. The second kappa shape index (κ2) is 9.49. The molecule has 1 heterocycles. The van der Waals surface area contributed by atoms with Gasteiger partial charge in [0.05, 0.1) is 25.4 Å². The van der Waals surface area contributed by atoms with Crippen molar-refractivity contribution in [3.8, 4) is 11.1 Å². The van der Waals surface area contributed by atoms with Crippen LogP contribution in [0.3, 0.4) is 0 Å².